The summed E-state index contributed by atoms with van der Waals surface area (Å²) in [6.07, 6.45) is 2.97. The molecular formula is C29H31N3O7. The Balaban J connectivity index is 1.40. The first-order valence-corrected chi connectivity index (χ1v) is 12.4. The number of methoxy groups -OCH3 is 1. The second-order valence-electron chi connectivity index (χ2n) is 8.98. The topological polar surface area (TPSA) is 141 Å². The summed E-state index contributed by atoms with van der Waals surface area (Å²) in [6.45, 7) is 2.05. The number of aromatic hydroxyl groups is 1. The third-order valence-corrected chi connectivity index (χ3v) is 6.18. The molecule has 10 heteroatoms. The van der Waals surface area contributed by atoms with Crippen LogP contribution < -0.4 is 30.6 Å². The summed E-state index contributed by atoms with van der Waals surface area (Å²) in [4.78, 5) is 25.1. The highest BCUT2D eigenvalue weighted by molar-refractivity contribution is 6.01. The smallest absolute Gasteiger partial charge is 0.412 e. The van der Waals surface area contributed by atoms with E-state index in [0.29, 0.717) is 52.7 Å². The number of phenolic OH excluding ortho intramolecular Hbond substituents is 1. The number of hydrogen-bond acceptors (Lipinski definition) is 8. The molecule has 0 bridgehead atoms. The molecule has 0 fully saturated rings. The Morgan fingerprint density at radius 2 is 1.87 bits per heavy atom. The van der Waals surface area contributed by atoms with Crippen molar-refractivity contribution in [2.24, 2.45) is 5.92 Å². The van der Waals surface area contributed by atoms with E-state index < -0.39 is 12.2 Å². The summed E-state index contributed by atoms with van der Waals surface area (Å²) in [5.41, 5.74) is 7.98. The first kappa shape index (κ1) is 27.2. The maximum atomic E-state index is 12.9. The van der Waals surface area contributed by atoms with Crippen LogP contribution in [-0.4, -0.2) is 31.0 Å². The van der Waals surface area contributed by atoms with Crippen LogP contribution in [0.3, 0.4) is 0 Å². The van der Waals surface area contributed by atoms with E-state index in [4.69, 9.17) is 24.7 Å². The zero-order valence-electron chi connectivity index (χ0n) is 21.7. The van der Waals surface area contributed by atoms with Gasteiger partial charge in [0.1, 0.15) is 6.10 Å². The molecule has 0 saturated carbocycles. The number of carbonyl (C=O) groups excluding carboxylic acids is 2. The van der Waals surface area contributed by atoms with Crippen molar-refractivity contribution in [1.82, 2.24) is 0 Å². The van der Waals surface area contributed by atoms with Crippen LogP contribution >= 0.6 is 0 Å². The van der Waals surface area contributed by atoms with Crippen LogP contribution in [0.25, 0.3) is 0 Å². The molecule has 2 amide bonds. The molecule has 0 radical (unpaired) electrons. The van der Waals surface area contributed by atoms with Gasteiger partial charge >= 0.3 is 6.09 Å². The largest absolute Gasteiger partial charge is 0.504 e. The molecule has 4 rings (SSSR count). The molecule has 5 N–H and O–H groups in total. The molecule has 204 valence electrons. The fourth-order valence-corrected chi connectivity index (χ4v) is 4.12. The molecule has 0 spiro atoms. The minimum Gasteiger partial charge on any atom is -0.504 e. The van der Waals surface area contributed by atoms with Crippen molar-refractivity contribution in [1.29, 1.82) is 0 Å². The predicted octanol–water partition coefficient (Wildman–Crippen LogP) is 5.61. The van der Waals surface area contributed by atoms with Crippen LogP contribution in [0.4, 0.5) is 21.9 Å². The number of phenols is 1. The van der Waals surface area contributed by atoms with E-state index in [1.54, 1.807) is 60.7 Å². The lowest BCUT2D eigenvalue weighted by atomic mass is 9.92. The van der Waals surface area contributed by atoms with Crippen molar-refractivity contribution >= 4 is 29.1 Å². The first-order valence-electron chi connectivity index (χ1n) is 12.4. The molecule has 3 aromatic rings. The second kappa shape index (κ2) is 12.6. The number of nitrogens with two attached hydrogens (primary N) is 1. The molecule has 0 aliphatic carbocycles. The number of nitrogen functional groups attached to an aromatic ring is 1. The summed E-state index contributed by atoms with van der Waals surface area (Å²) in [7, 11) is 1.46. The molecule has 1 aliphatic heterocycles. The third kappa shape index (κ3) is 7.13. The van der Waals surface area contributed by atoms with E-state index in [-0.39, 0.29) is 24.4 Å². The average molecular weight is 534 g/mol. The number of carbonyl (C=O) groups is 2. The Morgan fingerprint density at radius 1 is 1.08 bits per heavy atom. The highest BCUT2D eigenvalue weighted by Gasteiger charge is 2.25. The Hall–Kier alpha value is -4.86. The monoisotopic (exact) mass is 533 g/mol. The first-order chi connectivity index (χ1) is 18.8. The van der Waals surface area contributed by atoms with Crippen molar-refractivity contribution in [3.05, 3.63) is 78.4 Å². The Morgan fingerprint density at radius 3 is 2.64 bits per heavy atom. The van der Waals surface area contributed by atoms with E-state index in [0.717, 1.165) is 0 Å². The van der Waals surface area contributed by atoms with Gasteiger partial charge in [0.2, 0.25) is 12.7 Å². The van der Waals surface area contributed by atoms with Crippen LogP contribution in [-0.2, 0) is 9.53 Å². The molecular weight excluding hydrogens is 502 g/mol. The lowest BCUT2D eigenvalue weighted by molar-refractivity contribution is -0.111. The lowest BCUT2D eigenvalue weighted by Gasteiger charge is -2.25. The number of para-hydroxylation sites is 2. The van der Waals surface area contributed by atoms with Gasteiger partial charge in [-0.2, -0.15) is 0 Å². The molecule has 10 nitrogen and oxygen atoms in total. The van der Waals surface area contributed by atoms with Crippen LogP contribution in [0.2, 0.25) is 0 Å². The summed E-state index contributed by atoms with van der Waals surface area (Å²) < 4.78 is 21.6. The van der Waals surface area contributed by atoms with Crippen LogP contribution in [0.5, 0.6) is 23.0 Å². The van der Waals surface area contributed by atoms with Crippen molar-refractivity contribution in [3.8, 4) is 23.0 Å². The molecule has 0 saturated heterocycles. The molecule has 3 aromatic carbocycles. The third-order valence-electron chi connectivity index (χ3n) is 6.18. The van der Waals surface area contributed by atoms with E-state index in [2.05, 4.69) is 10.6 Å². The number of fused-ring (bicyclic) bond motifs is 1. The van der Waals surface area contributed by atoms with Crippen molar-refractivity contribution < 1.29 is 33.6 Å². The van der Waals surface area contributed by atoms with Crippen LogP contribution in [0.1, 0.15) is 31.4 Å². The van der Waals surface area contributed by atoms with Gasteiger partial charge < -0.3 is 35.1 Å². The van der Waals surface area contributed by atoms with Gasteiger partial charge in [0.05, 0.1) is 18.5 Å². The predicted molar refractivity (Wildman–Crippen MR) is 147 cm³/mol. The van der Waals surface area contributed by atoms with Crippen LogP contribution in [0.15, 0.2) is 72.8 Å². The summed E-state index contributed by atoms with van der Waals surface area (Å²) in [6, 6.07) is 16.9. The Labute approximate surface area is 226 Å². The SMILES string of the molecule is COc1ccc([C@@H](OC(=O)Nc2ccc3c(c2)OCO3)[C@@H](C)CC/C=C/C(=O)Nc2ccccc2N)cc1O. The van der Waals surface area contributed by atoms with Gasteiger partial charge in [0.15, 0.2) is 23.0 Å². The normalized spacial score (nSPS) is 13.5. The van der Waals surface area contributed by atoms with E-state index in [9.17, 15) is 14.7 Å². The Kier molecular flexibility index (Phi) is 8.78. The number of allylic oxidation sites excluding steroid dienone is 1. The van der Waals surface area contributed by atoms with Gasteiger partial charge in [-0.15, -0.1) is 0 Å². The van der Waals surface area contributed by atoms with Gasteiger partial charge in [-0.3, -0.25) is 10.1 Å². The summed E-state index contributed by atoms with van der Waals surface area (Å²) in [5.74, 6) is 0.910. The number of benzene rings is 3. The number of hydrogen-bond donors (Lipinski definition) is 4. The zero-order valence-corrected chi connectivity index (χ0v) is 21.7. The highest BCUT2D eigenvalue weighted by atomic mass is 16.7. The highest BCUT2D eigenvalue weighted by Crippen LogP contribution is 2.37. The molecule has 0 aromatic heterocycles. The van der Waals surface area contributed by atoms with Gasteiger partial charge in [-0.05, 0) is 66.8 Å². The molecule has 1 aliphatic rings. The van der Waals surface area contributed by atoms with Gasteiger partial charge in [0, 0.05) is 11.8 Å². The van der Waals surface area contributed by atoms with E-state index >= 15 is 0 Å². The quantitative estimate of drug-likeness (QED) is 0.195. The van der Waals surface area contributed by atoms with Gasteiger partial charge in [-0.1, -0.05) is 31.2 Å². The Bertz CT molecular complexity index is 1360. The molecule has 2 atom stereocenters. The average Bonchev–Trinajstić information content (AvgIpc) is 3.39. The standard InChI is InChI=1S/C29H31N3O7/c1-18(7-3-6-10-27(34)32-22-9-5-4-8-21(22)30)28(19-11-13-24(36-2)23(33)15-19)39-29(35)31-20-12-14-25-26(16-20)38-17-37-25/h4-6,8-16,18,28,33H,3,7,17,30H2,1-2H3,(H,31,35)(H,32,34)/b10-6+/t18-,28-/m0/s1. The summed E-state index contributed by atoms with van der Waals surface area (Å²) >= 11 is 0. The number of rotatable bonds is 10. The molecule has 1 heterocycles. The van der Waals surface area contributed by atoms with Crippen LogP contribution in [0, 0.1) is 5.92 Å². The van der Waals surface area contributed by atoms with Gasteiger partial charge in [-0.25, -0.2) is 4.79 Å². The maximum absolute atomic E-state index is 12.9. The number of nitrogens with one attached hydrogen (secondary N) is 2. The number of ether oxygens (including phenoxy) is 4. The maximum Gasteiger partial charge on any atom is 0.412 e. The van der Waals surface area contributed by atoms with Crippen molar-refractivity contribution in [2.75, 3.05) is 30.3 Å². The summed E-state index contributed by atoms with van der Waals surface area (Å²) in [5, 5.41) is 15.8. The van der Waals surface area contributed by atoms with Crippen molar-refractivity contribution in [2.45, 2.75) is 25.9 Å². The number of anilines is 3. The second-order valence-corrected chi connectivity index (χ2v) is 8.98. The van der Waals surface area contributed by atoms with E-state index in [1.165, 1.54) is 19.3 Å². The fraction of sp³-hybridized carbons (Fsp3) is 0.241. The minimum atomic E-state index is -0.692. The minimum absolute atomic E-state index is 0.0660. The van der Waals surface area contributed by atoms with E-state index in [1.807, 2.05) is 6.92 Å². The number of amides is 2. The molecule has 0 unspecified atom stereocenters. The van der Waals surface area contributed by atoms with Crippen molar-refractivity contribution in [3.63, 3.8) is 0 Å². The van der Waals surface area contributed by atoms with Gasteiger partial charge in [0.25, 0.3) is 0 Å². The lowest BCUT2D eigenvalue weighted by Crippen LogP contribution is -2.22. The fourth-order valence-electron chi connectivity index (χ4n) is 4.12. The molecule has 39 heavy (non-hydrogen) atoms. The zero-order chi connectivity index (χ0) is 27.8.